The Balaban J connectivity index is 2.00. The Morgan fingerprint density at radius 1 is 1.40 bits per heavy atom. The fraction of sp³-hybridized carbons (Fsp3) is 0.500. The monoisotopic (exact) mass is 205 g/mol. The van der Waals surface area contributed by atoms with Crippen LogP contribution in [-0.4, -0.2) is 26.8 Å². The molecule has 2 atom stereocenters. The first-order valence-electron chi connectivity index (χ1n) is 5.40. The first-order valence-corrected chi connectivity index (χ1v) is 5.40. The first-order chi connectivity index (χ1) is 7.38. The van der Waals surface area contributed by atoms with Gasteiger partial charge in [0.25, 0.3) is 0 Å². The summed E-state index contributed by atoms with van der Waals surface area (Å²) in [5.74, 6) is 3.14. The number of ether oxygens (including phenoxy) is 2. The number of rotatable bonds is 1. The third-order valence-electron chi connectivity index (χ3n) is 3.41. The summed E-state index contributed by atoms with van der Waals surface area (Å²) in [5.41, 5.74) is 1.33. The number of hydrogen-bond donors (Lipinski definition) is 1. The highest BCUT2D eigenvalue weighted by Crippen LogP contribution is 2.40. The Hall–Kier alpha value is -1.22. The number of methoxy groups -OCH3 is 1. The van der Waals surface area contributed by atoms with E-state index in [1.54, 1.807) is 7.11 Å². The predicted molar refractivity (Wildman–Crippen MR) is 57.6 cm³/mol. The lowest BCUT2D eigenvalue weighted by molar-refractivity contribution is 0.218. The molecule has 15 heavy (non-hydrogen) atoms. The van der Waals surface area contributed by atoms with Crippen LogP contribution < -0.4 is 14.8 Å². The van der Waals surface area contributed by atoms with Gasteiger partial charge in [-0.05, 0) is 11.6 Å². The van der Waals surface area contributed by atoms with Crippen molar-refractivity contribution in [2.45, 2.75) is 5.92 Å². The van der Waals surface area contributed by atoms with Crippen LogP contribution in [0.3, 0.4) is 0 Å². The van der Waals surface area contributed by atoms with Gasteiger partial charge in [0.05, 0.1) is 13.7 Å². The van der Waals surface area contributed by atoms with Crippen molar-refractivity contribution in [3.63, 3.8) is 0 Å². The quantitative estimate of drug-likeness (QED) is 0.751. The van der Waals surface area contributed by atoms with Crippen molar-refractivity contribution in [3.05, 3.63) is 23.8 Å². The van der Waals surface area contributed by atoms with E-state index in [4.69, 9.17) is 9.47 Å². The molecule has 3 rings (SSSR count). The molecule has 1 fully saturated rings. The molecular weight excluding hydrogens is 190 g/mol. The fourth-order valence-corrected chi connectivity index (χ4v) is 2.54. The predicted octanol–water partition coefficient (Wildman–Crippen LogP) is 1.39. The van der Waals surface area contributed by atoms with Crippen molar-refractivity contribution in [2.75, 3.05) is 26.8 Å². The molecule has 0 aliphatic carbocycles. The van der Waals surface area contributed by atoms with Crippen LogP contribution in [-0.2, 0) is 0 Å². The average molecular weight is 205 g/mol. The molecule has 1 saturated heterocycles. The van der Waals surface area contributed by atoms with E-state index < -0.39 is 0 Å². The van der Waals surface area contributed by atoms with E-state index in [-0.39, 0.29) is 0 Å². The van der Waals surface area contributed by atoms with Crippen LogP contribution in [0.5, 0.6) is 11.5 Å². The van der Waals surface area contributed by atoms with E-state index in [1.165, 1.54) is 5.56 Å². The maximum Gasteiger partial charge on any atom is 0.126 e. The van der Waals surface area contributed by atoms with Crippen molar-refractivity contribution in [1.82, 2.24) is 5.32 Å². The largest absolute Gasteiger partial charge is 0.497 e. The van der Waals surface area contributed by atoms with E-state index in [0.29, 0.717) is 11.8 Å². The minimum absolute atomic E-state index is 0.625. The van der Waals surface area contributed by atoms with Gasteiger partial charge in [-0.3, -0.25) is 0 Å². The highest BCUT2D eigenvalue weighted by Gasteiger charge is 2.34. The zero-order valence-electron chi connectivity index (χ0n) is 8.82. The molecule has 1 aromatic carbocycles. The topological polar surface area (TPSA) is 30.5 Å². The van der Waals surface area contributed by atoms with Crippen molar-refractivity contribution >= 4 is 0 Å². The Kier molecular flexibility index (Phi) is 2.06. The standard InChI is InChI=1S/C12H15NO2/c1-14-9-2-3-10-11-6-13-5-8(11)7-15-12(10)4-9/h2-4,8,11,13H,5-7H2,1H3. The van der Waals surface area contributed by atoms with Gasteiger partial charge in [0, 0.05) is 31.0 Å². The van der Waals surface area contributed by atoms with E-state index in [9.17, 15) is 0 Å². The second-order valence-electron chi connectivity index (χ2n) is 4.24. The molecular formula is C12H15NO2. The highest BCUT2D eigenvalue weighted by molar-refractivity contribution is 5.45. The molecule has 0 spiro atoms. The molecule has 0 bridgehead atoms. The Labute approximate surface area is 89.4 Å². The van der Waals surface area contributed by atoms with Gasteiger partial charge in [-0.2, -0.15) is 0 Å². The summed E-state index contributed by atoms with van der Waals surface area (Å²) in [6, 6.07) is 6.14. The Bertz CT molecular complexity index is 378. The van der Waals surface area contributed by atoms with Gasteiger partial charge in [0.1, 0.15) is 11.5 Å². The van der Waals surface area contributed by atoms with E-state index in [1.807, 2.05) is 12.1 Å². The molecule has 2 aliphatic heterocycles. The highest BCUT2D eigenvalue weighted by atomic mass is 16.5. The van der Waals surface area contributed by atoms with Crippen molar-refractivity contribution in [1.29, 1.82) is 0 Å². The number of hydrogen-bond acceptors (Lipinski definition) is 3. The minimum Gasteiger partial charge on any atom is -0.497 e. The molecule has 0 aromatic heterocycles. The molecule has 1 aromatic rings. The molecule has 3 heteroatoms. The van der Waals surface area contributed by atoms with Gasteiger partial charge in [-0.25, -0.2) is 0 Å². The number of benzene rings is 1. The van der Waals surface area contributed by atoms with Gasteiger partial charge < -0.3 is 14.8 Å². The summed E-state index contributed by atoms with van der Waals surface area (Å²) in [5, 5.41) is 3.42. The van der Waals surface area contributed by atoms with Crippen molar-refractivity contribution in [2.24, 2.45) is 5.92 Å². The Morgan fingerprint density at radius 3 is 3.20 bits per heavy atom. The molecule has 0 saturated carbocycles. The van der Waals surface area contributed by atoms with Gasteiger partial charge in [-0.15, -0.1) is 0 Å². The molecule has 2 heterocycles. The summed E-state index contributed by atoms with van der Waals surface area (Å²) < 4.78 is 11.0. The fourth-order valence-electron chi connectivity index (χ4n) is 2.54. The summed E-state index contributed by atoms with van der Waals surface area (Å²) in [6.07, 6.45) is 0. The molecule has 80 valence electrons. The summed E-state index contributed by atoms with van der Waals surface area (Å²) in [4.78, 5) is 0. The normalized spacial score (nSPS) is 27.8. The van der Waals surface area contributed by atoms with E-state index >= 15 is 0 Å². The third-order valence-corrected chi connectivity index (χ3v) is 3.41. The molecule has 2 unspecified atom stereocenters. The number of fused-ring (bicyclic) bond motifs is 3. The lowest BCUT2D eigenvalue weighted by Crippen LogP contribution is -2.24. The zero-order chi connectivity index (χ0) is 10.3. The van der Waals surface area contributed by atoms with Crippen LogP contribution in [0, 0.1) is 5.92 Å². The summed E-state index contributed by atoms with van der Waals surface area (Å²) in [6.45, 7) is 2.99. The van der Waals surface area contributed by atoms with Crippen LogP contribution in [0.4, 0.5) is 0 Å². The maximum atomic E-state index is 5.76. The summed E-state index contributed by atoms with van der Waals surface area (Å²) >= 11 is 0. The van der Waals surface area contributed by atoms with Gasteiger partial charge in [-0.1, -0.05) is 6.07 Å². The summed E-state index contributed by atoms with van der Waals surface area (Å²) in [7, 11) is 1.69. The first kappa shape index (κ1) is 9.04. The van der Waals surface area contributed by atoms with E-state index in [0.717, 1.165) is 31.2 Å². The lowest BCUT2D eigenvalue weighted by Gasteiger charge is -2.28. The molecule has 0 amide bonds. The van der Waals surface area contributed by atoms with Crippen LogP contribution in [0.2, 0.25) is 0 Å². The van der Waals surface area contributed by atoms with Crippen molar-refractivity contribution in [3.8, 4) is 11.5 Å². The third kappa shape index (κ3) is 1.38. The zero-order valence-corrected chi connectivity index (χ0v) is 8.82. The van der Waals surface area contributed by atoms with E-state index in [2.05, 4.69) is 11.4 Å². The molecule has 0 radical (unpaired) electrons. The van der Waals surface area contributed by atoms with Gasteiger partial charge >= 0.3 is 0 Å². The van der Waals surface area contributed by atoms with Crippen molar-refractivity contribution < 1.29 is 9.47 Å². The van der Waals surface area contributed by atoms with Gasteiger partial charge in [0.2, 0.25) is 0 Å². The van der Waals surface area contributed by atoms with Crippen LogP contribution >= 0.6 is 0 Å². The van der Waals surface area contributed by atoms with Crippen LogP contribution in [0.1, 0.15) is 11.5 Å². The number of nitrogens with one attached hydrogen (secondary N) is 1. The van der Waals surface area contributed by atoms with Crippen LogP contribution in [0.25, 0.3) is 0 Å². The smallest absolute Gasteiger partial charge is 0.126 e. The molecule has 3 nitrogen and oxygen atoms in total. The second-order valence-corrected chi connectivity index (χ2v) is 4.24. The maximum absolute atomic E-state index is 5.76. The van der Waals surface area contributed by atoms with Gasteiger partial charge in [0.15, 0.2) is 0 Å². The Morgan fingerprint density at radius 2 is 2.33 bits per heavy atom. The molecule has 1 N–H and O–H groups in total. The lowest BCUT2D eigenvalue weighted by atomic mass is 9.87. The minimum atomic E-state index is 0.625. The average Bonchev–Trinajstić information content (AvgIpc) is 2.76. The second kappa shape index (κ2) is 3.42. The van der Waals surface area contributed by atoms with Crippen LogP contribution in [0.15, 0.2) is 18.2 Å². The molecule has 2 aliphatic rings. The SMILES string of the molecule is COc1ccc2c(c1)OCC1CNCC21.